The van der Waals surface area contributed by atoms with Crippen LogP contribution in [0.15, 0.2) is 12.1 Å². The Balaban J connectivity index is 2.98. The lowest BCUT2D eigenvalue weighted by molar-refractivity contribution is -0.380. The summed E-state index contributed by atoms with van der Waals surface area (Å²) in [5.74, 6) is 0. The van der Waals surface area contributed by atoms with Crippen molar-refractivity contribution < 1.29 is 4.92 Å². The molecule has 1 aromatic rings. The summed E-state index contributed by atoms with van der Waals surface area (Å²) in [7, 11) is 0. The van der Waals surface area contributed by atoms with Crippen LogP contribution in [0.2, 0.25) is 0 Å². The number of aryl methyl sites for hydroxylation is 1. The molecule has 1 rings (SSSR count). The van der Waals surface area contributed by atoms with Crippen molar-refractivity contribution in [1.82, 2.24) is 0 Å². The van der Waals surface area contributed by atoms with Crippen molar-refractivity contribution in [1.29, 1.82) is 0 Å². The molecule has 0 aliphatic heterocycles. The van der Waals surface area contributed by atoms with Crippen molar-refractivity contribution in [2.24, 2.45) is 0 Å². The number of rotatable bonds is 1. The summed E-state index contributed by atoms with van der Waals surface area (Å²) in [5, 5.41) is 10.2. The van der Waals surface area contributed by atoms with Gasteiger partial charge in [-0.15, -0.1) is 0 Å². The third kappa shape index (κ3) is 1.26. The van der Waals surface area contributed by atoms with Crippen LogP contribution in [0.25, 0.3) is 0 Å². The molecule has 4 heteroatoms. The van der Waals surface area contributed by atoms with Gasteiger partial charge in [-0.1, -0.05) is 11.3 Å². The lowest BCUT2D eigenvalue weighted by atomic mass is 10.5. The van der Waals surface area contributed by atoms with Gasteiger partial charge in [-0.3, -0.25) is 10.1 Å². The molecule has 0 aromatic carbocycles. The lowest BCUT2D eigenvalue weighted by Gasteiger charge is -1.78. The van der Waals surface area contributed by atoms with E-state index < -0.39 is 0 Å². The van der Waals surface area contributed by atoms with Crippen LogP contribution in [0.4, 0.5) is 5.00 Å². The SMILES string of the molecule is Cc1ccc([N+](=O)[O-])s1. The number of nitro groups is 1. The van der Waals surface area contributed by atoms with Crippen molar-refractivity contribution in [3.05, 3.63) is 27.1 Å². The monoisotopic (exact) mass is 143 g/mol. The standard InChI is InChI=1S/C5H5NO2S/c1-4-2-3-5(9-4)6(7)8/h2-3H,1H3. The number of thiophene rings is 1. The minimum atomic E-state index is -0.377. The molecule has 0 N–H and O–H groups in total. The third-order valence-electron chi connectivity index (χ3n) is 0.906. The fourth-order valence-corrected chi connectivity index (χ4v) is 1.20. The number of hydrogen-bond donors (Lipinski definition) is 0. The van der Waals surface area contributed by atoms with Crippen LogP contribution in [0.3, 0.4) is 0 Å². The first kappa shape index (κ1) is 6.22. The highest BCUT2D eigenvalue weighted by Gasteiger charge is 2.05. The number of hydrogen-bond acceptors (Lipinski definition) is 3. The molecular weight excluding hydrogens is 138 g/mol. The second kappa shape index (κ2) is 2.14. The molecule has 3 nitrogen and oxygen atoms in total. The van der Waals surface area contributed by atoms with E-state index in [0.717, 1.165) is 4.88 Å². The van der Waals surface area contributed by atoms with Gasteiger partial charge in [0.15, 0.2) is 0 Å². The average Bonchev–Trinajstić information content (AvgIpc) is 2.14. The maximum absolute atomic E-state index is 10.0. The molecule has 0 spiro atoms. The van der Waals surface area contributed by atoms with Crippen molar-refractivity contribution in [2.45, 2.75) is 6.92 Å². The molecule has 0 aliphatic rings. The summed E-state index contributed by atoms with van der Waals surface area (Å²) in [6.07, 6.45) is 0. The van der Waals surface area contributed by atoms with Crippen LogP contribution in [0.5, 0.6) is 0 Å². The van der Waals surface area contributed by atoms with E-state index in [1.165, 1.54) is 17.4 Å². The zero-order valence-electron chi connectivity index (χ0n) is 4.83. The molecule has 1 heterocycles. The van der Waals surface area contributed by atoms with Gasteiger partial charge in [0, 0.05) is 10.9 Å². The Morgan fingerprint density at radius 3 is 2.56 bits per heavy atom. The van der Waals surface area contributed by atoms with E-state index in [-0.39, 0.29) is 9.92 Å². The Labute approximate surface area is 56.1 Å². The molecule has 0 radical (unpaired) electrons. The van der Waals surface area contributed by atoms with Gasteiger partial charge in [0.2, 0.25) is 0 Å². The first-order valence-corrected chi connectivity index (χ1v) is 3.22. The summed E-state index contributed by atoms with van der Waals surface area (Å²) in [5.41, 5.74) is 0. The van der Waals surface area contributed by atoms with Crippen LogP contribution in [0, 0.1) is 17.0 Å². The molecule has 0 aliphatic carbocycles. The Hall–Kier alpha value is -0.900. The van der Waals surface area contributed by atoms with E-state index in [0.29, 0.717) is 0 Å². The van der Waals surface area contributed by atoms with Gasteiger partial charge in [0.1, 0.15) is 0 Å². The number of nitrogens with zero attached hydrogens (tertiary/aromatic N) is 1. The van der Waals surface area contributed by atoms with Gasteiger partial charge in [-0.25, -0.2) is 0 Å². The van der Waals surface area contributed by atoms with Crippen LogP contribution in [-0.2, 0) is 0 Å². The van der Waals surface area contributed by atoms with Crippen LogP contribution in [-0.4, -0.2) is 4.92 Å². The van der Waals surface area contributed by atoms with Gasteiger partial charge in [-0.2, -0.15) is 0 Å². The van der Waals surface area contributed by atoms with E-state index in [1.807, 2.05) is 6.92 Å². The zero-order chi connectivity index (χ0) is 6.85. The first-order valence-electron chi connectivity index (χ1n) is 2.41. The summed E-state index contributed by atoms with van der Waals surface area (Å²) in [6, 6.07) is 3.25. The molecule has 0 saturated heterocycles. The predicted octanol–water partition coefficient (Wildman–Crippen LogP) is 1.96. The van der Waals surface area contributed by atoms with E-state index in [1.54, 1.807) is 6.07 Å². The van der Waals surface area contributed by atoms with E-state index in [9.17, 15) is 10.1 Å². The predicted molar refractivity (Wildman–Crippen MR) is 35.7 cm³/mol. The van der Waals surface area contributed by atoms with Gasteiger partial charge in [0.05, 0.1) is 4.92 Å². The summed E-state index contributed by atoms with van der Waals surface area (Å²) >= 11 is 1.20. The second-order valence-electron chi connectivity index (χ2n) is 1.64. The van der Waals surface area contributed by atoms with Gasteiger partial charge < -0.3 is 0 Å². The van der Waals surface area contributed by atoms with E-state index in [4.69, 9.17) is 0 Å². The maximum Gasteiger partial charge on any atom is 0.324 e. The molecule has 0 unspecified atom stereocenters. The van der Waals surface area contributed by atoms with Crippen molar-refractivity contribution in [3.63, 3.8) is 0 Å². The average molecular weight is 143 g/mol. The molecule has 0 fully saturated rings. The Kier molecular flexibility index (Phi) is 1.48. The van der Waals surface area contributed by atoms with E-state index in [2.05, 4.69) is 0 Å². The topological polar surface area (TPSA) is 43.1 Å². The van der Waals surface area contributed by atoms with Gasteiger partial charge >= 0.3 is 5.00 Å². The Bertz CT molecular complexity index is 231. The molecule has 0 atom stereocenters. The highest BCUT2D eigenvalue weighted by Crippen LogP contribution is 2.22. The Morgan fingerprint density at radius 1 is 1.67 bits per heavy atom. The molecular formula is C5H5NO2S. The van der Waals surface area contributed by atoms with Crippen molar-refractivity contribution >= 4 is 16.3 Å². The van der Waals surface area contributed by atoms with Crippen LogP contribution < -0.4 is 0 Å². The third-order valence-corrected chi connectivity index (χ3v) is 1.86. The van der Waals surface area contributed by atoms with Crippen LogP contribution in [0.1, 0.15) is 4.88 Å². The van der Waals surface area contributed by atoms with Crippen molar-refractivity contribution in [3.8, 4) is 0 Å². The minimum absolute atomic E-state index is 0.215. The largest absolute Gasteiger partial charge is 0.324 e. The Morgan fingerprint density at radius 2 is 2.33 bits per heavy atom. The normalized spacial score (nSPS) is 9.44. The lowest BCUT2D eigenvalue weighted by Crippen LogP contribution is -1.80. The summed E-state index contributed by atoms with van der Waals surface area (Å²) < 4.78 is 0. The molecule has 0 amide bonds. The molecule has 48 valence electrons. The summed E-state index contributed by atoms with van der Waals surface area (Å²) in [6.45, 7) is 1.84. The maximum atomic E-state index is 10.0. The molecule has 0 saturated carbocycles. The van der Waals surface area contributed by atoms with E-state index >= 15 is 0 Å². The van der Waals surface area contributed by atoms with Gasteiger partial charge in [0.25, 0.3) is 0 Å². The van der Waals surface area contributed by atoms with Crippen molar-refractivity contribution in [2.75, 3.05) is 0 Å². The highest BCUT2D eigenvalue weighted by atomic mass is 32.1. The highest BCUT2D eigenvalue weighted by molar-refractivity contribution is 7.15. The molecule has 1 aromatic heterocycles. The first-order chi connectivity index (χ1) is 4.20. The molecule has 0 bridgehead atoms. The fourth-order valence-electron chi connectivity index (χ4n) is 0.520. The summed E-state index contributed by atoms with van der Waals surface area (Å²) in [4.78, 5) is 10.6. The zero-order valence-corrected chi connectivity index (χ0v) is 5.64. The van der Waals surface area contributed by atoms with Crippen LogP contribution >= 0.6 is 11.3 Å². The minimum Gasteiger partial charge on any atom is -0.258 e. The smallest absolute Gasteiger partial charge is 0.258 e. The fraction of sp³-hybridized carbons (Fsp3) is 0.200. The quantitative estimate of drug-likeness (QED) is 0.445. The second-order valence-corrected chi connectivity index (χ2v) is 2.91. The molecule has 9 heavy (non-hydrogen) atoms. The van der Waals surface area contributed by atoms with Gasteiger partial charge in [-0.05, 0) is 13.0 Å².